The van der Waals surface area contributed by atoms with E-state index in [0.29, 0.717) is 19.4 Å². The normalized spacial score (nSPS) is 10.8. The van der Waals surface area contributed by atoms with Gasteiger partial charge in [0.15, 0.2) is 0 Å². The number of aromatic nitrogens is 1. The van der Waals surface area contributed by atoms with Gasteiger partial charge in [0.05, 0.1) is 6.42 Å². The molecule has 1 heterocycles. The van der Waals surface area contributed by atoms with Crippen LogP contribution in [0.25, 0.3) is 10.9 Å². The van der Waals surface area contributed by atoms with Crippen molar-refractivity contribution in [1.82, 2.24) is 9.88 Å². The first-order chi connectivity index (χ1) is 8.72. The van der Waals surface area contributed by atoms with Gasteiger partial charge in [0, 0.05) is 37.3 Å². The molecule has 0 saturated heterocycles. The fourth-order valence-electron chi connectivity index (χ4n) is 2.11. The van der Waals surface area contributed by atoms with Crippen LogP contribution in [0.1, 0.15) is 12.0 Å². The molecule has 0 unspecified atom stereocenters. The van der Waals surface area contributed by atoms with Gasteiger partial charge < -0.3 is 15.0 Å². The molecule has 0 bridgehead atoms. The maximum absolute atomic E-state index is 11.7. The van der Waals surface area contributed by atoms with Crippen molar-refractivity contribution in [3.05, 3.63) is 36.0 Å². The van der Waals surface area contributed by atoms with Crippen molar-refractivity contribution in [1.29, 1.82) is 0 Å². The van der Waals surface area contributed by atoms with Crippen LogP contribution < -0.4 is 5.32 Å². The summed E-state index contributed by atoms with van der Waals surface area (Å²) in [6.07, 6.45) is 2.98. The molecule has 0 aliphatic rings. The van der Waals surface area contributed by atoms with Gasteiger partial charge >= 0.3 is 0 Å². The smallest absolute Gasteiger partial charge is 0.224 e. The Bertz CT molecular complexity index is 546. The minimum atomic E-state index is -0.000182. The Balaban J connectivity index is 2.10. The van der Waals surface area contributed by atoms with Crippen LogP contribution in [-0.2, 0) is 18.3 Å². The van der Waals surface area contributed by atoms with Crippen molar-refractivity contribution in [2.75, 3.05) is 13.2 Å². The lowest BCUT2D eigenvalue weighted by atomic mass is 10.1. The average Bonchev–Trinajstić information content (AvgIpc) is 2.67. The van der Waals surface area contributed by atoms with Crippen LogP contribution >= 0.6 is 0 Å². The SMILES string of the molecule is Cn1cc(CC(=O)NCCCO)c2ccccc21. The summed E-state index contributed by atoms with van der Waals surface area (Å²) < 4.78 is 2.03. The van der Waals surface area contributed by atoms with Crippen LogP contribution in [0.2, 0.25) is 0 Å². The molecule has 4 nitrogen and oxygen atoms in total. The van der Waals surface area contributed by atoms with Crippen LogP contribution in [0.3, 0.4) is 0 Å². The lowest BCUT2D eigenvalue weighted by molar-refractivity contribution is -0.120. The van der Waals surface area contributed by atoms with Crippen molar-refractivity contribution in [3.8, 4) is 0 Å². The van der Waals surface area contributed by atoms with Crippen molar-refractivity contribution in [2.24, 2.45) is 7.05 Å². The summed E-state index contributed by atoms with van der Waals surface area (Å²) in [6.45, 7) is 0.634. The number of nitrogens with one attached hydrogen (secondary N) is 1. The highest BCUT2D eigenvalue weighted by Crippen LogP contribution is 2.20. The van der Waals surface area contributed by atoms with Crippen molar-refractivity contribution in [2.45, 2.75) is 12.8 Å². The summed E-state index contributed by atoms with van der Waals surface area (Å²) >= 11 is 0. The fourth-order valence-corrected chi connectivity index (χ4v) is 2.11. The molecule has 4 heteroatoms. The van der Waals surface area contributed by atoms with Gasteiger partial charge in [-0.15, -0.1) is 0 Å². The lowest BCUT2D eigenvalue weighted by Crippen LogP contribution is -2.26. The molecule has 2 aromatic rings. The van der Waals surface area contributed by atoms with Gasteiger partial charge in [-0.05, 0) is 18.1 Å². The van der Waals surface area contributed by atoms with E-state index in [-0.39, 0.29) is 12.5 Å². The summed E-state index contributed by atoms with van der Waals surface area (Å²) in [5, 5.41) is 12.6. The van der Waals surface area contributed by atoms with Crippen LogP contribution in [0.15, 0.2) is 30.5 Å². The molecule has 2 rings (SSSR count). The monoisotopic (exact) mass is 246 g/mol. The Labute approximate surface area is 106 Å². The predicted molar refractivity (Wildman–Crippen MR) is 71.3 cm³/mol. The second-order valence-corrected chi connectivity index (χ2v) is 4.39. The van der Waals surface area contributed by atoms with E-state index in [1.54, 1.807) is 0 Å². The summed E-state index contributed by atoms with van der Waals surface area (Å²) in [7, 11) is 1.98. The number of nitrogens with zero attached hydrogens (tertiary/aromatic N) is 1. The summed E-state index contributed by atoms with van der Waals surface area (Å²) in [4.78, 5) is 11.7. The molecule has 0 aliphatic carbocycles. The van der Waals surface area contributed by atoms with E-state index in [9.17, 15) is 4.79 Å². The molecule has 1 amide bonds. The molecule has 18 heavy (non-hydrogen) atoms. The van der Waals surface area contributed by atoms with Crippen LogP contribution in [0.5, 0.6) is 0 Å². The van der Waals surface area contributed by atoms with E-state index in [4.69, 9.17) is 5.11 Å². The van der Waals surface area contributed by atoms with E-state index in [1.807, 2.05) is 42.1 Å². The molecular formula is C14H18N2O2. The Morgan fingerprint density at radius 3 is 2.94 bits per heavy atom. The highest BCUT2D eigenvalue weighted by Gasteiger charge is 2.09. The Morgan fingerprint density at radius 2 is 2.17 bits per heavy atom. The number of amides is 1. The second-order valence-electron chi connectivity index (χ2n) is 4.39. The number of carbonyl (C=O) groups excluding carboxylic acids is 1. The maximum Gasteiger partial charge on any atom is 0.224 e. The number of hydrogen-bond donors (Lipinski definition) is 2. The van der Waals surface area contributed by atoms with Gasteiger partial charge in [-0.1, -0.05) is 18.2 Å². The van der Waals surface area contributed by atoms with E-state index < -0.39 is 0 Å². The minimum Gasteiger partial charge on any atom is -0.396 e. The maximum atomic E-state index is 11.7. The van der Waals surface area contributed by atoms with Crippen LogP contribution in [-0.4, -0.2) is 28.7 Å². The van der Waals surface area contributed by atoms with Gasteiger partial charge in [-0.3, -0.25) is 4.79 Å². The molecule has 1 aromatic heterocycles. The van der Waals surface area contributed by atoms with E-state index in [2.05, 4.69) is 5.32 Å². The van der Waals surface area contributed by atoms with Gasteiger partial charge in [0.25, 0.3) is 0 Å². The predicted octanol–water partition coefficient (Wildman–Crippen LogP) is 1.22. The zero-order valence-corrected chi connectivity index (χ0v) is 10.5. The third-order valence-electron chi connectivity index (χ3n) is 2.99. The molecule has 96 valence electrons. The standard InChI is InChI=1S/C14H18N2O2/c1-16-10-11(9-14(18)15-7-4-8-17)12-5-2-3-6-13(12)16/h2-3,5-6,10,17H,4,7-9H2,1H3,(H,15,18). The molecule has 0 saturated carbocycles. The van der Waals surface area contributed by atoms with E-state index in [1.165, 1.54) is 0 Å². The van der Waals surface area contributed by atoms with Gasteiger partial charge in [0.1, 0.15) is 0 Å². The molecule has 1 aromatic carbocycles. The fraction of sp³-hybridized carbons (Fsp3) is 0.357. The molecule has 0 spiro atoms. The zero-order valence-electron chi connectivity index (χ0n) is 10.5. The highest BCUT2D eigenvalue weighted by atomic mass is 16.3. The molecular weight excluding hydrogens is 228 g/mol. The Hall–Kier alpha value is -1.81. The van der Waals surface area contributed by atoms with Crippen LogP contribution in [0, 0.1) is 0 Å². The number of aliphatic hydroxyl groups is 1. The van der Waals surface area contributed by atoms with E-state index >= 15 is 0 Å². The third-order valence-corrected chi connectivity index (χ3v) is 2.99. The summed E-state index contributed by atoms with van der Waals surface area (Å²) in [5.74, 6) is -0.000182. The van der Waals surface area contributed by atoms with Crippen molar-refractivity contribution < 1.29 is 9.90 Å². The Morgan fingerprint density at radius 1 is 1.39 bits per heavy atom. The number of hydrogen-bond acceptors (Lipinski definition) is 2. The molecule has 0 aliphatic heterocycles. The minimum absolute atomic E-state index is 0.000182. The number of rotatable bonds is 5. The zero-order chi connectivity index (χ0) is 13.0. The Kier molecular flexibility index (Phi) is 3.99. The first-order valence-electron chi connectivity index (χ1n) is 6.13. The molecule has 0 fully saturated rings. The van der Waals surface area contributed by atoms with Crippen molar-refractivity contribution in [3.63, 3.8) is 0 Å². The highest BCUT2D eigenvalue weighted by molar-refractivity contribution is 5.89. The average molecular weight is 246 g/mol. The first kappa shape index (κ1) is 12.6. The summed E-state index contributed by atoms with van der Waals surface area (Å²) in [6, 6.07) is 8.05. The quantitative estimate of drug-likeness (QED) is 0.779. The number of para-hydroxylation sites is 1. The number of carbonyl (C=O) groups is 1. The number of benzene rings is 1. The van der Waals surface area contributed by atoms with Gasteiger partial charge in [-0.25, -0.2) is 0 Å². The third kappa shape index (κ3) is 2.71. The summed E-state index contributed by atoms with van der Waals surface area (Å²) in [5.41, 5.74) is 2.17. The number of aliphatic hydroxyl groups excluding tert-OH is 1. The molecule has 0 radical (unpaired) electrons. The van der Waals surface area contributed by atoms with Crippen LogP contribution in [0.4, 0.5) is 0 Å². The van der Waals surface area contributed by atoms with Crippen molar-refractivity contribution >= 4 is 16.8 Å². The molecule has 2 N–H and O–H groups in total. The van der Waals surface area contributed by atoms with Gasteiger partial charge in [0.2, 0.25) is 5.91 Å². The first-order valence-corrected chi connectivity index (χ1v) is 6.13. The largest absolute Gasteiger partial charge is 0.396 e. The van der Waals surface area contributed by atoms with E-state index in [0.717, 1.165) is 16.5 Å². The van der Waals surface area contributed by atoms with Gasteiger partial charge in [-0.2, -0.15) is 0 Å². The lowest BCUT2D eigenvalue weighted by Gasteiger charge is -2.03. The topological polar surface area (TPSA) is 54.3 Å². The number of fused-ring (bicyclic) bond motifs is 1. The molecule has 0 atom stereocenters. The number of aryl methyl sites for hydroxylation is 1. The second kappa shape index (κ2) is 5.69.